The maximum absolute atomic E-state index is 13.2. The van der Waals surface area contributed by atoms with E-state index in [4.69, 9.17) is 23.2 Å². The van der Waals surface area contributed by atoms with E-state index in [0.29, 0.717) is 31.2 Å². The predicted octanol–water partition coefficient (Wildman–Crippen LogP) is 5.16. The van der Waals surface area contributed by atoms with Gasteiger partial charge in [-0.1, -0.05) is 29.3 Å². The average molecular weight is 446 g/mol. The van der Waals surface area contributed by atoms with Gasteiger partial charge < -0.3 is 10.2 Å². The van der Waals surface area contributed by atoms with E-state index in [9.17, 15) is 18.0 Å². The second-order valence-corrected chi connectivity index (χ2v) is 7.73. The SMILES string of the molecule is CC(C(=O)Nc1ccc(Cl)cc1C(F)(F)F)N1CCN(c2cccc(Cl)c2)CC1. The van der Waals surface area contributed by atoms with Crippen LogP contribution in [0, 0.1) is 0 Å². The molecule has 1 heterocycles. The van der Waals surface area contributed by atoms with Gasteiger partial charge in [0, 0.05) is 41.9 Å². The van der Waals surface area contributed by atoms with Gasteiger partial charge in [0.15, 0.2) is 0 Å². The van der Waals surface area contributed by atoms with E-state index >= 15 is 0 Å². The molecule has 0 saturated carbocycles. The quantitative estimate of drug-likeness (QED) is 0.705. The van der Waals surface area contributed by atoms with Crippen LogP contribution in [0.4, 0.5) is 24.5 Å². The summed E-state index contributed by atoms with van der Waals surface area (Å²) in [5, 5.41) is 3.01. The molecule has 1 aliphatic rings. The Bertz CT molecular complexity index is 884. The van der Waals surface area contributed by atoms with Gasteiger partial charge >= 0.3 is 6.18 Å². The highest BCUT2D eigenvalue weighted by Gasteiger charge is 2.35. The van der Waals surface area contributed by atoms with Crippen molar-refractivity contribution in [2.45, 2.75) is 19.1 Å². The molecule has 0 radical (unpaired) electrons. The average Bonchev–Trinajstić information content (AvgIpc) is 2.68. The molecule has 156 valence electrons. The highest BCUT2D eigenvalue weighted by molar-refractivity contribution is 6.31. The van der Waals surface area contributed by atoms with E-state index in [2.05, 4.69) is 10.2 Å². The summed E-state index contributed by atoms with van der Waals surface area (Å²) in [7, 11) is 0. The summed E-state index contributed by atoms with van der Waals surface area (Å²) in [6, 6.07) is 10.3. The maximum Gasteiger partial charge on any atom is 0.418 e. The molecule has 3 rings (SSSR count). The maximum atomic E-state index is 13.2. The first-order valence-corrected chi connectivity index (χ1v) is 9.83. The Morgan fingerprint density at radius 1 is 1.03 bits per heavy atom. The third kappa shape index (κ3) is 5.35. The summed E-state index contributed by atoms with van der Waals surface area (Å²) in [6.45, 7) is 4.27. The standard InChI is InChI=1S/C20H20Cl2F3N3O/c1-13(19(29)26-18-6-5-15(22)12-17(18)20(23,24)25)27-7-9-28(10-8-27)16-4-2-3-14(21)11-16/h2-6,11-13H,7-10H2,1H3,(H,26,29). The lowest BCUT2D eigenvalue weighted by Crippen LogP contribution is -2.52. The van der Waals surface area contributed by atoms with Crippen molar-refractivity contribution in [3.8, 4) is 0 Å². The van der Waals surface area contributed by atoms with Gasteiger partial charge in [0.25, 0.3) is 0 Å². The Kier molecular flexibility index (Phi) is 6.61. The number of halogens is 5. The van der Waals surface area contributed by atoms with Crippen molar-refractivity contribution in [2.75, 3.05) is 36.4 Å². The van der Waals surface area contributed by atoms with Gasteiger partial charge in [-0.05, 0) is 43.3 Å². The fourth-order valence-corrected chi connectivity index (χ4v) is 3.66. The van der Waals surface area contributed by atoms with Crippen LogP contribution in [-0.4, -0.2) is 43.0 Å². The minimum atomic E-state index is -4.61. The number of nitrogens with zero attached hydrogens (tertiary/aromatic N) is 2. The Labute approximate surface area is 177 Å². The van der Waals surface area contributed by atoms with Crippen molar-refractivity contribution in [2.24, 2.45) is 0 Å². The van der Waals surface area contributed by atoms with Gasteiger partial charge in [0.05, 0.1) is 17.3 Å². The first kappa shape index (κ1) is 21.7. The van der Waals surface area contributed by atoms with E-state index < -0.39 is 23.7 Å². The van der Waals surface area contributed by atoms with E-state index in [1.165, 1.54) is 12.1 Å². The molecule has 1 amide bonds. The molecule has 1 N–H and O–H groups in total. The Balaban J connectivity index is 1.63. The monoisotopic (exact) mass is 445 g/mol. The van der Waals surface area contributed by atoms with Gasteiger partial charge in [0.1, 0.15) is 0 Å². The number of alkyl halides is 3. The molecule has 1 atom stereocenters. The van der Waals surface area contributed by atoms with Crippen LogP contribution in [0.15, 0.2) is 42.5 Å². The molecule has 4 nitrogen and oxygen atoms in total. The minimum absolute atomic E-state index is 0.0412. The van der Waals surface area contributed by atoms with Gasteiger partial charge in [-0.3, -0.25) is 9.69 Å². The number of hydrogen-bond acceptors (Lipinski definition) is 3. The lowest BCUT2D eigenvalue weighted by molar-refractivity contribution is -0.137. The minimum Gasteiger partial charge on any atom is -0.369 e. The zero-order chi connectivity index (χ0) is 21.2. The van der Waals surface area contributed by atoms with Crippen molar-refractivity contribution in [3.63, 3.8) is 0 Å². The molecule has 29 heavy (non-hydrogen) atoms. The summed E-state index contributed by atoms with van der Waals surface area (Å²) >= 11 is 11.7. The third-order valence-electron chi connectivity index (χ3n) is 4.96. The molecule has 0 aromatic heterocycles. The molecule has 2 aromatic rings. The van der Waals surface area contributed by atoms with Crippen LogP contribution in [0.3, 0.4) is 0 Å². The second-order valence-electron chi connectivity index (χ2n) is 6.86. The van der Waals surface area contributed by atoms with Crippen molar-refractivity contribution in [3.05, 3.63) is 58.1 Å². The van der Waals surface area contributed by atoms with Crippen molar-refractivity contribution >= 4 is 40.5 Å². The van der Waals surface area contributed by atoms with Gasteiger partial charge in [-0.2, -0.15) is 13.2 Å². The van der Waals surface area contributed by atoms with E-state index in [0.717, 1.165) is 11.8 Å². The number of piperazine rings is 1. The number of nitrogens with one attached hydrogen (secondary N) is 1. The molecular formula is C20H20Cl2F3N3O. The zero-order valence-corrected chi connectivity index (χ0v) is 17.2. The number of carbonyl (C=O) groups is 1. The Morgan fingerprint density at radius 3 is 2.31 bits per heavy atom. The number of amides is 1. The van der Waals surface area contributed by atoms with Gasteiger partial charge in [0.2, 0.25) is 5.91 Å². The molecule has 1 unspecified atom stereocenters. The topological polar surface area (TPSA) is 35.6 Å². The van der Waals surface area contributed by atoms with Crippen LogP contribution in [0.5, 0.6) is 0 Å². The number of benzene rings is 2. The zero-order valence-electron chi connectivity index (χ0n) is 15.6. The second kappa shape index (κ2) is 8.81. The summed E-state index contributed by atoms with van der Waals surface area (Å²) in [5.74, 6) is -0.492. The molecule has 1 fully saturated rings. The van der Waals surface area contributed by atoms with Gasteiger partial charge in [-0.25, -0.2) is 0 Å². The summed E-state index contributed by atoms with van der Waals surface area (Å²) in [6.07, 6.45) is -4.61. The van der Waals surface area contributed by atoms with Gasteiger partial charge in [-0.15, -0.1) is 0 Å². The Hall–Kier alpha value is -1.96. The van der Waals surface area contributed by atoms with Crippen LogP contribution in [-0.2, 0) is 11.0 Å². The summed E-state index contributed by atoms with van der Waals surface area (Å²) in [4.78, 5) is 16.7. The summed E-state index contributed by atoms with van der Waals surface area (Å²) < 4.78 is 39.7. The lowest BCUT2D eigenvalue weighted by atomic mass is 10.1. The van der Waals surface area contributed by atoms with Crippen molar-refractivity contribution < 1.29 is 18.0 Å². The highest BCUT2D eigenvalue weighted by atomic mass is 35.5. The van der Waals surface area contributed by atoms with Crippen LogP contribution in [0.1, 0.15) is 12.5 Å². The molecule has 0 bridgehead atoms. The largest absolute Gasteiger partial charge is 0.418 e. The van der Waals surface area contributed by atoms with E-state index in [1.807, 2.05) is 23.1 Å². The molecule has 2 aromatic carbocycles. The molecule has 9 heteroatoms. The lowest BCUT2D eigenvalue weighted by Gasteiger charge is -2.38. The molecule has 0 spiro atoms. The van der Waals surface area contributed by atoms with Crippen molar-refractivity contribution in [1.29, 1.82) is 0 Å². The molecule has 1 aliphatic heterocycles. The number of hydrogen-bond donors (Lipinski definition) is 1. The fraction of sp³-hybridized carbons (Fsp3) is 0.350. The number of carbonyl (C=O) groups excluding carboxylic acids is 1. The van der Waals surface area contributed by atoms with E-state index in [1.54, 1.807) is 13.0 Å². The highest BCUT2D eigenvalue weighted by Crippen LogP contribution is 2.36. The first-order valence-electron chi connectivity index (χ1n) is 9.07. The molecule has 0 aliphatic carbocycles. The summed E-state index contributed by atoms with van der Waals surface area (Å²) in [5.41, 5.74) is -0.252. The normalized spacial score (nSPS) is 16.6. The van der Waals surface area contributed by atoms with Crippen LogP contribution in [0.2, 0.25) is 10.0 Å². The predicted molar refractivity (Wildman–Crippen MR) is 110 cm³/mol. The van der Waals surface area contributed by atoms with E-state index in [-0.39, 0.29) is 10.7 Å². The van der Waals surface area contributed by atoms with Crippen LogP contribution < -0.4 is 10.2 Å². The number of anilines is 2. The fourth-order valence-electron chi connectivity index (χ4n) is 3.30. The van der Waals surface area contributed by atoms with Crippen LogP contribution >= 0.6 is 23.2 Å². The van der Waals surface area contributed by atoms with Crippen LogP contribution in [0.25, 0.3) is 0 Å². The van der Waals surface area contributed by atoms with Crippen molar-refractivity contribution in [1.82, 2.24) is 4.90 Å². The third-order valence-corrected chi connectivity index (χ3v) is 5.43. The Morgan fingerprint density at radius 2 is 1.69 bits per heavy atom. The molecule has 1 saturated heterocycles. The molecular weight excluding hydrogens is 426 g/mol. The number of rotatable bonds is 4. The smallest absolute Gasteiger partial charge is 0.369 e. The first-order chi connectivity index (χ1) is 13.6.